The number of amides is 1. The fraction of sp³-hybridized carbons (Fsp3) is 0.333. The van der Waals surface area contributed by atoms with E-state index in [1.807, 2.05) is 23.0 Å². The largest absolute Gasteiger partial charge is 0.381 e. The number of rotatable bonds is 4. The maximum atomic E-state index is 11.4. The number of hydrogen-bond donors (Lipinski definition) is 2. The summed E-state index contributed by atoms with van der Waals surface area (Å²) in [6.45, 7) is 2.91. The van der Waals surface area contributed by atoms with Gasteiger partial charge in [0.1, 0.15) is 0 Å². The first kappa shape index (κ1) is 14.1. The van der Waals surface area contributed by atoms with Crippen LogP contribution >= 0.6 is 15.9 Å². The molecule has 21 heavy (non-hydrogen) atoms. The van der Waals surface area contributed by atoms with Crippen molar-refractivity contribution < 1.29 is 4.79 Å². The van der Waals surface area contributed by atoms with Crippen LogP contribution in [0.15, 0.2) is 35.1 Å². The van der Waals surface area contributed by atoms with Crippen molar-refractivity contribution in [3.63, 3.8) is 0 Å². The number of nitrogens with one attached hydrogen (secondary N) is 2. The quantitative estimate of drug-likeness (QED) is 0.892. The Labute approximate surface area is 131 Å². The third kappa shape index (κ3) is 3.44. The zero-order valence-corrected chi connectivity index (χ0v) is 13.4. The topological polar surface area (TPSA) is 59.0 Å². The number of hydrogen-bond acceptors (Lipinski definition) is 3. The van der Waals surface area contributed by atoms with Crippen LogP contribution in [-0.2, 0) is 17.8 Å². The first-order valence-corrected chi connectivity index (χ1v) is 7.77. The van der Waals surface area contributed by atoms with E-state index in [9.17, 15) is 4.79 Å². The summed E-state index contributed by atoms with van der Waals surface area (Å²) in [5, 5.41) is 10.6. The summed E-state index contributed by atoms with van der Waals surface area (Å²) in [4.78, 5) is 11.4. The van der Waals surface area contributed by atoms with Crippen LogP contribution in [0.4, 0.5) is 11.4 Å². The normalized spacial score (nSPS) is 15.2. The lowest BCUT2D eigenvalue weighted by Gasteiger charge is -2.20. The molecule has 1 aliphatic heterocycles. The minimum absolute atomic E-state index is 0.0980. The summed E-state index contributed by atoms with van der Waals surface area (Å²) >= 11 is 3.40. The van der Waals surface area contributed by atoms with Crippen LogP contribution in [0, 0.1) is 0 Å². The number of aryl methyl sites for hydroxylation is 1. The second-order valence-corrected chi connectivity index (χ2v) is 6.26. The van der Waals surface area contributed by atoms with Gasteiger partial charge in [-0.25, -0.2) is 0 Å². The summed E-state index contributed by atoms with van der Waals surface area (Å²) in [6.07, 6.45) is 5.11. The van der Waals surface area contributed by atoms with Crippen molar-refractivity contribution in [1.82, 2.24) is 9.78 Å². The van der Waals surface area contributed by atoms with Gasteiger partial charge in [0, 0.05) is 30.0 Å². The average Bonchev–Trinajstić information content (AvgIpc) is 2.84. The highest BCUT2D eigenvalue weighted by molar-refractivity contribution is 9.10. The van der Waals surface area contributed by atoms with E-state index in [1.165, 1.54) is 5.56 Å². The lowest BCUT2D eigenvalue weighted by molar-refractivity contribution is -0.116. The maximum absolute atomic E-state index is 11.4. The van der Waals surface area contributed by atoms with Gasteiger partial charge < -0.3 is 10.6 Å². The number of halogens is 1. The average molecular weight is 349 g/mol. The highest BCUT2D eigenvalue weighted by Crippen LogP contribution is 2.26. The second kappa shape index (κ2) is 5.89. The summed E-state index contributed by atoms with van der Waals surface area (Å²) in [7, 11) is 0. The summed E-state index contributed by atoms with van der Waals surface area (Å²) in [6, 6.07) is 6.34. The monoisotopic (exact) mass is 348 g/mol. The molecule has 3 rings (SSSR count). The Morgan fingerprint density at radius 1 is 1.48 bits per heavy atom. The minimum Gasteiger partial charge on any atom is -0.381 e. The molecule has 0 bridgehead atoms. The molecule has 1 aromatic heterocycles. The summed E-state index contributed by atoms with van der Waals surface area (Å²) in [5.74, 6) is 0.0980. The number of fused-ring (bicyclic) bond motifs is 1. The molecule has 2 N–H and O–H groups in total. The van der Waals surface area contributed by atoms with E-state index in [1.54, 1.807) is 6.20 Å². The smallest absolute Gasteiger partial charge is 0.224 e. The Hall–Kier alpha value is -1.82. The number of carbonyl (C=O) groups excluding carboxylic acids is 1. The van der Waals surface area contributed by atoms with Gasteiger partial charge in [-0.15, -0.1) is 0 Å². The molecule has 1 amide bonds. The molecule has 0 saturated heterocycles. The second-order valence-electron chi connectivity index (χ2n) is 5.35. The summed E-state index contributed by atoms with van der Waals surface area (Å²) in [5.41, 5.74) is 3.19. The van der Waals surface area contributed by atoms with Crippen LogP contribution in [0.2, 0.25) is 0 Å². The SMILES string of the molecule is C[C@@H](Cn1cc(Br)cn1)Nc1ccc2c(c1)CCC(=O)N2. The van der Waals surface area contributed by atoms with Gasteiger partial charge >= 0.3 is 0 Å². The number of carbonyl (C=O) groups is 1. The molecular formula is C15H17BrN4O. The van der Waals surface area contributed by atoms with Crippen LogP contribution in [0.1, 0.15) is 18.9 Å². The zero-order valence-electron chi connectivity index (χ0n) is 11.8. The molecule has 0 unspecified atom stereocenters. The Kier molecular flexibility index (Phi) is 3.96. The van der Waals surface area contributed by atoms with E-state index in [4.69, 9.17) is 0 Å². The van der Waals surface area contributed by atoms with Crippen LogP contribution in [0.5, 0.6) is 0 Å². The molecule has 2 heterocycles. The Bertz CT molecular complexity index is 667. The van der Waals surface area contributed by atoms with Crippen LogP contribution in [0.3, 0.4) is 0 Å². The molecule has 0 spiro atoms. The van der Waals surface area contributed by atoms with Gasteiger partial charge in [0.05, 0.1) is 17.2 Å². The van der Waals surface area contributed by atoms with Gasteiger partial charge in [0.25, 0.3) is 0 Å². The van der Waals surface area contributed by atoms with Crippen molar-refractivity contribution in [2.24, 2.45) is 0 Å². The summed E-state index contributed by atoms with van der Waals surface area (Å²) < 4.78 is 2.89. The van der Waals surface area contributed by atoms with Gasteiger partial charge in [0.2, 0.25) is 5.91 Å². The molecule has 6 heteroatoms. The first-order valence-electron chi connectivity index (χ1n) is 6.97. The zero-order chi connectivity index (χ0) is 14.8. The lowest BCUT2D eigenvalue weighted by Crippen LogP contribution is -2.23. The van der Waals surface area contributed by atoms with Crippen LogP contribution in [-0.4, -0.2) is 21.7 Å². The number of aromatic nitrogens is 2. The Morgan fingerprint density at radius 2 is 2.33 bits per heavy atom. The predicted octanol–water partition coefficient (Wildman–Crippen LogP) is 3.03. The third-order valence-corrected chi connectivity index (χ3v) is 3.89. The van der Waals surface area contributed by atoms with Crippen molar-refractivity contribution in [2.75, 3.05) is 10.6 Å². The first-order chi connectivity index (χ1) is 10.1. The minimum atomic E-state index is 0.0980. The Morgan fingerprint density at radius 3 is 3.10 bits per heavy atom. The van der Waals surface area contributed by atoms with Gasteiger partial charge in [-0.05, 0) is 53.0 Å². The number of benzene rings is 1. The highest BCUT2D eigenvalue weighted by atomic mass is 79.9. The third-order valence-electron chi connectivity index (χ3n) is 3.48. The van der Waals surface area contributed by atoms with E-state index in [0.717, 1.165) is 28.8 Å². The molecule has 1 aliphatic rings. The van der Waals surface area contributed by atoms with Crippen molar-refractivity contribution >= 4 is 33.2 Å². The van der Waals surface area contributed by atoms with Crippen LogP contribution < -0.4 is 10.6 Å². The maximum Gasteiger partial charge on any atom is 0.224 e. The van der Waals surface area contributed by atoms with Gasteiger partial charge in [-0.3, -0.25) is 9.48 Å². The van der Waals surface area contributed by atoms with Crippen molar-refractivity contribution in [2.45, 2.75) is 32.4 Å². The van der Waals surface area contributed by atoms with E-state index >= 15 is 0 Å². The standard InChI is InChI=1S/C15H17BrN4O/c1-10(8-20-9-12(16)7-17-20)18-13-3-4-14-11(6-13)2-5-15(21)19-14/h3-4,6-7,9-10,18H,2,5,8H2,1H3,(H,19,21)/t10-/m0/s1. The van der Waals surface area contributed by atoms with Gasteiger partial charge in [-0.2, -0.15) is 5.10 Å². The molecule has 0 radical (unpaired) electrons. The van der Waals surface area contributed by atoms with Crippen molar-refractivity contribution in [1.29, 1.82) is 0 Å². The van der Waals surface area contributed by atoms with Crippen molar-refractivity contribution in [3.8, 4) is 0 Å². The van der Waals surface area contributed by atoms with E-state index < -0.39 is 0 Å². The lowest BCUT2D eigenvalue weighted by atomic mass is 10.0. The number of nitrogens with zero attached hydrogens (tertiary/aromatic N) is 2. The van der Waals surface area contributed by atoms with Crippen LogP contribution in [0.25, 0.3) is 0 Å². The van der Waals surface area contributed by atoms with E-state index in [0.29, 0.717) is 6.42 Å². The molecule has 2 aromatic rings. The molecule has 0 fully saturated rings. The molecule has 1 atom stereocenters. The van der Waals surface area contributed by atoms with Crippen molar-refractivity contribution in [3.05, 3.63) is 40.6 Å². The fourth-order valence-electron chi connectivity index (χ4n) is 2.52. The molecular weight excluding hydrogens is 332 g/mol. The molecule has 0 aliphatic carbocycles. The molecule has 0 saturated carbocycles. The highest BCUT2D eigenvalue weighted by Gasteiger charge is 2.15. The van der Waals surface area contributed by atoms with Gasteiger partial charge in [0.15, 0.2) is 0 Å². The molecule has 110 valence electrons. The fourth-order valence-corrected chi connectivity index (χ4v) is 2.85. The molecule has 5 nitrogen and oxygen atoms in total. The molecule has 1 aromatic carbocycles. The Balaban J connectivity index is 1.66. The van der Waals surface area contributed by atoms with Gasteiger partial charge in [-0.1, -0.05) is 0 Å². The predicted molar refractivity (Wildman–Crippen MR) is 86.4 cm³/mol. The van der Waals surface area contributed by atoms with E-state index in [2.05, 4.69) is 44.7 Å². The number of anilines is 2. The van der Waals surface area contributed by atoms with E-state index in [-0.39, 0.29) is 11.9 Å².